The zero-order chi connectivity index (χ0) is 17.8. The Kier molecular flexibility index (Phi) is 4.97. The van der Waals surface area contributed by atoms with E-state index in [1.807, 2.05) is 0 Å². The van der Waals surface area contributed by atoms with E-state index in [-0.39, 0.29) is 24.1 Å². The van der Waals surface area contributed by atoms with Gasteiger partial charge < -0.3 is 14.5 Å². The van der Waals surface area contributed by atoms with E-state index in [9.17, 15) is 14.4 Å². The third-order valence-corrected chi connectivity index (χ3v) is 4.34. The van der Waals surface area contributed by atoms with Gasteiger partial charge in [0.05, 0.1) is 7.11 Å². The van der Waals surface area contributed by atoms with Crippen LogP contribution >= 0.6 is 0 Å². The number of ether oxygens (including phenoxy) is 1. The molecule has 0 spiro atoms. The SMILES string of the molecule is COc1ccc(C(=O)N2CCN(C(=O)C3=NNC(=O)CC3)CC2)cc1. The molecule has 132 valence electrons. The largest absolute Gasteiger partial charge is 0.497 e. The number of carbonyl (C=O) groups excluding carboxylic acids is 3. The van der Waals surface area contributed by atoms with E-state index in [0.29, 0.717) is 49.6 Å². The van der Waals surface area contributed by atoms with Gasteiger partial charge in [0.1, 0.15) is 11.5 Å². The number of hydrogen-bond donors (Lipinski definition) is 1. The molecule has 2 heterocycles. The number of hydrazone groups is 1. The third-order valence-electron chi connectivity index (χ3n) is 4.34. The fourth-order valence-corrected chi connectivity index (χ4v) is 2.84. The smallest absolute Gasteiger partial charge is 0.270 e. The maximum Gasteiger partial charge on any atom is 0.270 e. The fraction of sp³-hybridized carbons (Fsp3) is 0.412. The molecular formula is C17H20N4O4. The molecule has 0 aliphatic carbocycles. The molecule has 0 atom stereocenters. The van der Waals surface area contributed by atoms with Crippen LogP contribution < -0.4 is 10.2 Å². The summed E-state index contributed by atoms with van der Waals surface area (Å²) in [7, 11) is 1.58. The Morgan fingerprint density at radius 1 is 1.00 bits per heavy atom. The zero-order valence-corrected chi connectivity index (χ0v) is 14.0. The Balaban J connectivity index is 1.56. The number of nitrogens with zero attached hydrogens (tertiary/aromatic N) is 3. The summed E-state index contributed by atoms with van der Waals surface area (Å²) in [5, 5.41) is 3.84. The van der Waals surface area contributed by atoms with Gasteiger partial charge in [-0.2, -0.15) is 5.10 Å². The van der Waals surface area contributed by atoms with Gasteiger partial charge in [0, 0.05) is 44.6 Å². The third kappa shape index (κ3) is 3.78. The van der Waals surface area contributed by atoms with Crippen molar-refractivity contribution in [1.82, 2.24) is 15.2 Å². The maximum absolute atomic E-state index is 12.5. The van der Waals surface area contributed by atoms with Crippen LogP contribution in [0.25, 0.3) is 0 Å². The highest BCUT2D eigenvalue weighted by Gasteiger charge is 2.28. The predicted octanol–water partition coefficient (Wildman–Crippen LogP) is 0.246. The predicted molar refractivity (Wildman–Crippen MR) is 90.3 cm³/mol. The van der Waals surface area contributed by atoms with E-state index in [0.717, 1.165) is 0 Å². The first-order chi connectivity index (χ1) is 12.1. The minimum atomic E-state index is -0.175. The van der Waals surface area contributed by atoms with Crippen molar-refractivity contribution < 1.29 is 19.1 Å². The van der Waals surface area contributed by atoms with Crippen LogP contribution in [0.4, 0.5) is 0 Å². The van der Waals surface area contributed by atoms with Crippen molar-refractivity contribution in [2.45, 2.75) is 12.8 Å². The monoisotopic (exact) mass is 344 g/mol. The van der Waals surface area contributed by atoms with Gasteiger partial charge in [0.2, 0.25) is 5.91 Å². The molecule has 8 nitrogen and oxygen atoms in total. The highest BCUT2D eigenvalue weighted by Crippen LogP contribution is 2.15. The normalized spacial score (nSPS) is 17.6. The molecule has 1 saturated heterocycles. The lowest BCUT2D eigenvalue weighted by atomic mass is 10.1. The van der Waals surface area contributed by atoms with Crippen LogP contribution in [-0.2, 0) is 9.59 Å². The second kappa shape index (κ2) is 7.33. The summed E-state index contributed by atoms with van der Waals surface area (Å²) in [5.41, 5.74) is 3.30. The quantitative estimate of drug-likeness (QED) is 0.851. The molecule has 3 rings (SSSR count). The maximum atomic E-state index is 12.5. The van der Waals surface area contributed by atoms with Crippen LogP contribution in [0.1, 0.15) is 23.2 Å². The molecule has 1 N–H and O–H groups in total. The van der Waals surface area contributed by atoms with E-state index in [1.165, 1.54) is 0 Å². The Labute approximate surface area is 145 Å². The molecule has 3 amide bonds. The Morgan fingerprint density at radius 3 is 2.12 bits per heavy atom. The summed E-state index contributed by atoms with van der Waals surface area (Å²) < 4.78 is 5.09. The van der Waals surface area contributed by atoms with Gasteiger partial charge in [0.15, 0.2) is 0 Å². The van der Waals surface area contributed by atoms with Gasteiger partial charge in [-0.05, 0) is 24.3 Å². The molecule has 25 heavy (non-hydrogen) atoms. The van der Waals surface area contributed by atoms with Crippen LogP contribution in [0.15, 0.2) is 29.4 Å². The van der Waals surface area contributed by atoms with Crippen molar-refractivity contribution in [3.8, 4) is 5.75 Å². The van der Waals surface area contributed by atoms with Crippen molar-refractivity contribution in [1.29, 1.82) is 0 Å². The molecule has 0 bridgehead atoms. The molecule has 0 saturated carbocycles. The number of carbonyl (C=O) groups is 3. The topological polar surface area (TPSA) is 91.3 Å². The molecule has 0 radical (unpaired) electrons. The number of benzene rings is 1. The Morgan fingerprint density at radius 2 is 1.60 bits per heavy atom. The zero-order valence-electron chi connectivity index (χ0n) is 14.0. The summed E-state index contributed by atoms with van der Waals surface area (Å²) in [6, 6.07) is 6.97. The van der Waals surface area contributed by atoms with Crippen molar-refractivity contribution in [2.24, 2.45) is 5.10 Å². The molecule has 2 aliphatic rings. The summed E-state index contributed by atoms with van der Waals surface area (Å²) in [5.74, 6) is 0.298. The Bertz CT molecular complexity index is 706. The van der Waals surface area contributed by atoms with E-state index < -0.39 is 0 Å². The summed E-state index contributed by atoms with van der Waals surface area (Å²) in [6.07, 6.45) is 0.635. The van der Waals surface area contributed by atoms with Crippen LogP contribution in [0.3, 0.4) is 0 Å². The van der Waals surface area contributed by atoms with Gasteiger partial charge in [0.25, 0.3) is 11.8 Å². The van der Waals surface area contributed by atoms with Crippen molar-refractivity contribution in [3.05, 3.63) is 29.8 Å². The van der Waals surface area contributed by atoms with E-state index in [4.69, 9.17) is 4.74 Å². The Hall–Kier alpha value is -2.90. The van der Waals surface area contributed by atoms with E-state index in [2.05, 4.69) is 10.5 Å². The van der Waals surface area contributed by atoms with Crippen molar-refractivity contribution in [2.75, 3.05) is 33.3 Å². The average Bonchev–Trinajstić information content (AvgIpc) is 2.67. The van der Waals surface area contributed by atoms with E-state index >= 15 is 0 Å². The lowest BCUT2D eigenvalue weighted by Gasteiger charge is -2.35. The van der Waals surface area contributed by atoms with Gasteiger partial charge >= 0.3 is 0 Å². The first kappa shape index (κ1) is 16.9. The first-order valence-corrected chi connectivity index (χ1v) is 8.16. The number of methoxy groups -OCH3 is 1. The second-order valence-electron chi connectivity index (χ2n) is 5.91. The summed E-state index contributed by atoms with van der Waals surface area (Å²) in [4.78, 5) is 39.4. The first-order valence-electron chi connectivity index (χ1n) is 8.16. The van der Waals surface area contributed by atoms with Crippen LogP contribution in [0, 0.1) is 0 Å². The summed E-state index contributed by atoms with van der Waals surface area (Å²) >= 11 is 0. The minimum absolute atomic E-state index is 0.0583. The number of hydrogen-bond acceptors (Lipinski definition) is 5. The molecule has 0 aromatic heterocycles. The number of amides is 3. The van der Waals surface area contributed by atoms with E-state index in [1.54, 1.807) is 41.2 Å². The van der Waals surface area contributed by atoms with Crippen LogP contribution in [0.5, 0.6) is 5.75 Å². The van der Waals surface area contributed by atoms with Gasteiger partial charge in [-0.25, -0.2) is 5.43 Å². The summed E-state index contributed by atoms with van der Waals surface area (Å²) in [6.45, 7) is 1.84. The van der Waals surface area contributed by atoms with Gasteiger partial charge in [-0.1, -0.05) is 0 Å². The molecule has 0 unspecified atom stereocenters. The molecule has 1 aromatic rings. The van der Waals surface area contributed by atoms with Gasteiger partial charge in [-0.15, -0.1) is 0 Å². The molecule has 2 aliphatic heterocycles. The number of nitrogens with one attached hydrogen (secondary N) is 1. The highest BCUT2D eigenvalue weighted by atomic mass is 16.5. The fourth-order valence-electron chi connectivity index (χ4n) is 2.84. The molecule has 1 fully saturated rings. The minimum Gasteiger partial charge on any atom is -0.497 e. The van der Waals surface area contributed by atoms with Gasteiger partial charge in [-0.3, -0.25) is 14.4 Å². The number of rotatable bonds is 3. The number of piperazine rings is 1. The molecular weight excluding hydrogens is 324 g/mol. The molecule has 8 heteroatoms. The highest BCUT2D eigenvalue weighted by molar-refractivity contribution is 6.39. The van der Waals surface area contributed by atoms with Crippen molar-refractivity contribution >= 4 is 23.4 Å². The second-order valence-corrected chi connectivity index (χ2v) is 5.91. The lowest BCUT2D eigenvalue weighted by molar-refractivity contribution is -0.126. The van der Waals surface area contributed by atoms with Crippen molar-refractivity contribution in [3.63, 3.8) is 0 Å². The van der Waals surface area contributed by atoms with Crippen LogP contribution in [0.2, 0.25) is 0 Å². The molecule has 1 aromatic carbocycles. The standard InChI is InChI=1S/C17H20N4O4/c1-25-13-4-2-12(3-5-13)16(23)20-8-10-21(11-9-20)17(24)14-6-7-15(22)19-18-14/h2-5H,6-11H2,1H3,(H,19,22). The lowest BCUT2D eigenvalue weighted by Crippen LogP contribution is -2.52. The average molecular weight is 344 g/mol. The van der Waals surface area contributed by atoms with Crippen LogP contribution in [-0.4, -0.2) is 66.5 Å².